The van der Waals surface area contributed by atoms with Crippen LogP contribution in [0.25, 0.3) is 27.8 Å². The molecule has 0 aliphatic rings. The SMILES string of the molecule is CCc1nc2nc3ccccc3c(=O)n2c2[nH]cnc12. The van der Waals surface area contributed by atoms with Crippen molar-refractivity contribution in [2.45, 2.75) is 13.3 Å². The van der Waals surface area contributed by atoms with Gasteiger partial charge in [-0.25, -0.2) is 19.4 Å². The monoisotopic (exact) mass is 265 g/mol. The van der Waals surface area contributed by atoms with E-state index < -0.39 is 0 Å². The maximum Gasteiger partial charge on any atom is 0.268 e. The Hall–Kier alpha value is -2.76. The van der Waals surface area contributed by atoms with E-state index in [1.807, 2.05) is 25.1 Å². The third kappa shape index (κ3) is 1.33. The van der Waals surface area contributed by atoms with Crippen LogP contribution in [0.3, 0.4) is 0 Å². The van der Waals surface area contributed by atoms with Gasteiger partial charge in [0.25, 0.3) is 5.56 Å². The van der Waals surface area contributed by atoms with Crippen LogP contribution in [0, 0.1) is 0 Å². The highest BCUT2D eigenvalue weighted by Gasteiger charge is 2.13. The van der Waals surface area contributed by atoms with Gasteiger partial charge in [-0.05, 0) is 18.6 Å². The molecule has 3 heterocycles. The summed E-state index contributed by atoms with van der Waals surface area (Å²) in [5.74, 6) is 0.405. The normalized spacial score (nSPS) is 11.7. The summed E-state index contributed by atoms with van der Waals surface area (Å²) in [5.41, 5.74) is 2.73. The third-order valence-corrected chi connectivity index (χ3v) is 3.44. The van der Waals surface area contributed by atoms with Crippen molar-refractivity contribution in [1.82, 2.24) is 24.3 Å². The number of aryl methyl sites for hydroxylation is 1. The maximum atomic E-state index is 12.6. The predicted octanol–water partition coefficient (Wildman–Crippen LogP) is 1.68. The zero-order valence-corrected chi connectivity index (χ0v) is 10.8. The molecule has 4 aromatic rings. The summed E-state index contributed by atoms with van der Waals surface area (Å²) >= 11 is 0. The molecule has 0 radical (unpaired) electrons. The van der Waals surface area contributed by atoms with Crippen LogP contribution in [0.5, 0.6) is 0 Å². The Balaban J connectivity index is 2.35. The highest BCUT2D eigenvalue weighted by atomic mass is 16.1. The minimum absolute atomic E-state index is 0.130. The molecule has 0 amide bonds. The maximum absolute atomic E-state index is 12.6. The summed E-state index contributed by atoms with van der Waals surface area (Å²) in [7, 11) is 0. The number of para-hydroxylation sites is 1. The van der Waals surface area contributed by atoms with E-state index in [-0.39, 0.29) is 5.56 Å². The van der Waals surface area contributed by atoms with Crippen LogP contribution in [0.1, 0.15) is 12.6 Å². The van der Waals surface area contributed by atoms with E-state index in [9.17, 15) is 4.79 Å². The van der Waals surface area contributed by atoms with E-state index in [1.54, 1.807) is 12.4 Å². The van der Waals surface area contributed by atoms with E-state index in [4.69, 9.17) is 0 Å². The average molecular weight is 265 g/mol. The lowest BCUT2D eigenvalue weighted by Crippen LogP contribution is -2.18. The first-order chi connectivity index (χ1) is 9.79. The van der Waals surface area contributed by atoms with Gasteiger partial charge in [0.1, 0.15) is 11.2 Å². The van der Waals surface area contributed by atoms with Gasteiger partial charge in [0.2, 0.25) is 5.78 Å². The van der Waals surface area contributed by atoms with Crippen molar-refractivity contribution in [1.29, 1.82) is 0 Å². The molecule has 6 heteroatoms. The van der Waals surface area contributed by atoms with E-state index in [0.29, 0.717) is 22.3 Å². The fourth-order valence-electron chi connectivity index (χ4n) is 2.49. The lowest BCUT2D eigenvalue weighted by Gasteiger charge is -2.06. The van der Waals surface area contributed by atoms with Gasteiger partial charge in [-0.2, -0.15) is 0 Å². The van der Waals surface area contributed by atoms with Crippen molar-refractivity contribution in [3.05, 3.63) is 46.6 Å². The Kier molecular flexibility index (Phi) is 2.14. The van der Waals surface area contributed by atoms with Crippen LogP contribution in [0.2, 0.25) is 0 Å². The number of nitrogens with zero attached hydrogens (tertiary/aromatic N) is 4. The number of aromatic nitrogens is 5. The first-order valence-electron chi connectivity index (χ1n) is 6.43. The molecular weight excluding hydrogens is 254 g/mol. The number of nitrogens with one attached hydrogen (secondary N) is 1. The van der Waals surface area contributed by atoms with Crippen LogP contribution in [0.15, 0.2) is 35.4 Å². The van der Waals surface area contributed by atoms with E-state index in [0.717, 1.165) is 17.6 Å². The van der Waals surface area contributed by atoms with Gasteiger partial charge in [-0.15, -0.1) is 0 Å². The molecule has 0 saturated carbocycles. The van der Waals surface area contributed by atoms with Crippen molar-refractivity contribution in [3.63, 3.8) is 0 Å². The number of fused-ring (bicyclic) bond motifs is 4. The van der Waals surface area contributed by atoms with Gasteiger partial charge in [0.15, 0.2) is 0 Å². The van der Waals surface area contributed by atoms with E-state index in [1.165, 1.54) is 4.40 Å². The van der Waals surface area contributed by atoms with Crippen LogP contribution < -0.4 is 5.56 Å². The summed E-state index contributed by atoms with van der Waals surface area (Å²) in [6.45, 7) is 2.01. The molecule has 0 unspecified atom stereocenters. The van der Waals surface area contributed by atoms with E-state index >= 15 is 0 Å². The molecule has 4 rings (SSSR count). The van der Waals surface area contributed by atoms with Gasteiger partial charge < -0.3 is 4.98 Å². The largest absolute Gasteiger partial charge is 0.330 e. The first kappa shape index (κ1) is 11.1. The molecule has 1 N–H and O–H groups in total. The zero-order chi connectivity index (χ0) is 13.7. The van der Waals surface area contributed by atoms with Crippen LogP contribution >= 0.6 is 0 Å². The first-order valence-corrected chi connectivity index (χ1v) is 6.43. The molecule has 98 valence electrons. The molecule has 20 heavy (non-hydrogen) atoms. The molecule has 0 fully saturated rings. The molecule has 0 aliphatic carbocycles. The number of H-pyrrole nitrogens is 1. The molecule has 3 aromatic heterocycles. The smallest absolute Gasteiger partial charge is 0.268 e. The Labute approximate surface area is 113 Å². The van der Waals surface area contributed by atoms with Gasteiger partial charge in [0.05, 0.1) is 22.9 Å². The summed E-state index contributed by atoms with van der Waals surface area (Å²) < 4.78 is 1.49. The molecular formula is C14H11N5O. The van der Waals surface area contributed by atoms with Gasteiger partial charge in [-0.3, -0.25) is 4.79 Å². The summed E-state index contributed by atoms with van der Waals surface area (Å²) in [6, 6.07) is 7.28. The lowest BCUT2D eigenvalue weighted by molar-refractivity contribution is 0.988. The van der Waals surface area contributed by atoms with Gasteiger partial charge in [-0.1, -0.05) is 19.1 Å². The standard InChI is InChI=1S/C14H11N5O/c1-2-9-11-12(16-7-15-11)19-13(20)8-5-3-4-6-10(8)18-14(19)17-9/h3-7H,2H2,1H3,(H,15,16). The van der Waals surface area contributed by atoms with Crippen molar-refractivity contribution in [3.8, 4) is 0 Å². The van der Waals surface area contributed by atoms with Gasteiger partial charge in [0, 0.05) is 0 Å². The van der Waals surface area contributed by atoms with Crippen LogP contribution in [0.4, 0.5) is 0 Å². The fraction of sp³-hybridized carbons (Fsp3) is 0.143. The average Bonchev–Trinajstić information content (AvgIpc) is 2.95. The second kappa shape index (κ2) is 3.86. The minimum atomic E-state index is -0.130. The van der Waals surface area contributed by atoms with Crippen LogP contribution in [-0.4, -0.2) is 24.3 Å². The molecule has 0 aliphatic heterocycles. The second-order valence-corrected chi connectivity index (χ2v) is 4.58. The number of benzene rings is 1. The van der Waals surface area contributed by atoms with Gasteiger partial charge >= 0.3 is 0 Å². The molecule has 0 saturated heterocycles. The zero-order valence-electron chi connectivity index (χ0n) is 10.8. The highest BCUT2D eigenvalue weighted by molar-refractivity contribution is 5.82. The molecule has 6 nitrogen and oxygen atoms in total. The summed E-state index contributed by atoms with van der Waals surface area (Å²) in [6.07, 6.45) is 2.31. The quantitative estimate of drug-likeness (QED) is 0.531. The second-order valence-electron chi connectivity index (χ2n) is 4.58. The Morgan fingerprint density at radius 3 is 2.95 bits per heavy atom. The summed E-state index contributed by atoms with van der Waals surface area (Å²) in [5, 5.41) is 0.576. The molecule has 0 atom stereocenters. The number of aromatic amines is 1. The third-order valence-electron chi connectivity index (χ3n) is 3.44. The number of hydrogen-bond acceptors (Lipinski definition) is 4. The molecule has 0 bridgehead atoms. The minimum Gasteiger partial charge on any atom is -0.330 e. The number of imidazole rings is 1. The number of hydrogen-bond donors (Lipinski definition) is 1. The topological polar surface area (TPSA) is 75.9 Å². The highest BCUT2D eigenvalue weighted by Crippen LogP contribution is 2.16. The number of rotatable bonds is 1. The lowest BCUT2D eigenvalue weighted by atomic mass is 10.2. The van der Waals surface area contributed by atoms with Crippen molar-refractivity contribution in [2.24, 2.45) is 0 Å². The van der Waals surface area contributed by atoms with Crippen molar-refractivity contribution < 1.29 is 0 Å². The van der Waals surface area contributed by atoms with Crippen molar-refractivity contribution in [2.75, 3.05) is 0 Å². The van der Waals surface area contributed by atoms with Crippen molar-refractivity contribution >= 4 is 27.8 Å². The Morgan fingerprint density at radius 1 is 1.25 bits per heavy atom. The molecule has 0 spiro atoms. The fourth-order valence-corrected chi connectivity index (χ4v) is 2.49. The predicted molar refractivity (Wildman–Crippen MR) is 75.8 cm³/mol. The van der Waals surface area contributed by atoms with E-state index in [2.05, 4.69) is 19.9 Å². The Morgan fingerprint density at radius 2 is 2.10 bits per heavy atom. The van der Waals surface area contributed by atoms with Crippen LogP contribution in [-0.2, 0) is 6.42 Å². The Bertz CT molecular complexity index is 1010. The summed E-state index contributed by atoms with van der Waals surface area (Å²) in [4.78, 5) is 28.9. The molecule has 1 aromatic carbocycles.